The molecule has 0 fully saturated rings. The van der Waals surface area contributed by atoms with E-state index in [2.05, 4.69) is 19.7 Å². The molecule has 0 amide bonds. The van der Waals surface area contributed by atoms with Crippen LogP contribution in [0.5, 0.6) is 11.5 Å². The van der Waals surface area contributed by atoms with Crippen molar-refractivity contribution in [3.05, 3.63) is 48.0 Å². The molecule has 20 heavy (non-hydrogen) atoms. The number of esters is 1. The molecule has 0 unspecified atom stereocenters. The zero-order chi connectivity index (χ0) is 13.9. The van der Waals surface area contributed by atoms with E-state index in [4.69, 9.17) is 4.74 Å². The Morgan fingerprint density at radius 1 is 1.00 bits per heavy atom. The number of carbonyl (C=O) groups is 1. The molecule has 6 nitrogen and oxygen atoms in total. The Balaban J connectivity index is 1.81. The second-order valence-electron chi connectivity index (χ2n) is 4.03. The first-order valence-corrected chi connectivity index (χ1v) is 5.85. The minimum Gasteiger partial charge on any atom is -0.465 e. The van der Waals surface area contributed by atoms with E-state index in [0.717, 1.165) is 0 Å². The molecule has 0 aliphatic heterocycles. The topological polar surface area (TPSA) is 74.5 Å². The fourth-order valence-corrected chi connectivity index (χ4v) is 1.74. The number of aromatic nitrogens is 2. The van der Waals surface area contributed by atoms with Gasteiger partial charge in [0, 0.05) is 6.07 Å². The van der Waals surface area contributed by atoms with Crippen LogP contribution in [-0.2, 0) is 4.74 Å². The molecule has 0 spiro atoms. The highest BCUT2D eigenvalue weighted by Gasteiger charge is 2.06. The second-order valence-corrected chi connectivity index (χ2v) is 4.03. The average molecular weight is 270 g/mol. The van der Waals surface area contributed by atoms with Crippen molar-refractivity contribution >= 4 is 17.0 Å². The summed E-state index contributed by atoms with van der Waals surface area (Å²) < 4.78 is 14.9. The molecule has 3 rings (SSSR count). The van der Waals surface area contributed by atoms with Gasteiger partial charge in [-0.25, -0.2) is 9.42 Å². The maximum absolute atomic E-state index is 11.3. The second kappa shape index (κ2) is 5.00. The monoisotopic (exact) mass is 270 g/mol. The minimum atomic E-state index is -0.383. The van der Waals surface area contributed by atoms with Gasteiger partial charge < -0.3 is 9.47 Å². The predicted octanol–water partition coefficient (Wildman–Crippen LogP) is 2.80. The first-order chi connectivity index (χ1) is 9.76. The summed E-state index contributed by atoms with van der Waals surface area (Å²) in [6, 6.07) is 11.9. The zero-order valence-electron chi connectivity index (χ0n) is 10.6. The lowest BCUT2D eigenvalue weighted by molar-refractivity contribution is 0.0600. The van der Waals surface area contributed by atoms with E-state index >= 15 is 0 Å². The van der Waals surface area contributed by atoms with E-state index in [-0.39, 0.29) is 5.97 Å². The van der Waals surface area contributed by atoms with Crippen LogP contribution in [0.1, 0.15) is 10.4 Å². The van der Waals surface area contributed by atoms with E-state index in [0.29, 0.717) is 28.1 Å². The number of carbonyl (C=O) groups excluding carboxylic acids is 1. The van der Waals surface area contributed by atoms with Gasteiger partial charge in [-0.05, 0) is 46.7 Å². The highest BCUT2D eigenvalue weighted by molar-refractivity contribution is 5.89. The Hall–Kier alpha value is -2.89. The van der Waals surface area contributed by atoms with Crippen molar-refractivity contribution in [2.45, 2.75) is 0 Å². The van der Waals surface area contributed by atoms with Gasteiger partial charge in [-0.2, -0.15) is 0 Å². The molecule has 1 aromatic heterocycles. The Kier molecular flexibility index (Phi) is 3.04. The van der Waals surface area contributed by atoms with Gasteiger partial charge in [0.05, 0.1) is 12.7 Å². The summed E-state index contributed by atoms with van der Waals surface area (Å²) >= 11 is 0. The van der Waals surface area contributed by atoms with E-state index < -0.39 is 0 Å². The van der Waals surface area contributed by atoms with Crippen molar-refractivity contribution in [1.82, 2.24) is 10.3 Å². The smallest absolute Gasteiger partial charge is 0.337 e. The van der Waals surface area contributed by atoms with Crippen LogP contribution in [0.3, 0.4) is 0 Å². The molecule has 0 atom stereocenters. The third kappa shape index (κ3) is 2.31. The highest BCUT2D eigenvalue weighted by Crippen LogP contribution is 2.24. The lowest BCUT2D eigenvalue weighted by Crippen LogP contribution is -2.00. The summed E-state index contributed by atoms with van der Waals surface area (Å²) in [5.41, 5.74) is 1.75. The summed E-state index contributed by atoms with van der Waals surface area (Å²) in [7, 11) is 1.34. The van der Waals surface area contributed by atoms with Gasteiger partial charge in [0.1, 0.15) is 22.5 Å². The molecule has 6 heteroatoms. The van der Waals surface area contributed by atoms with E-state index in [1.54, 1.807) is 42.5 Å². The van der Waals surface area contributed by atoms with Gasteiger partial charge >= 0.3 is 5.97 Å². The van der Waals surface area contributed by atoms with Crippen molar-refractivity contribution in [2.24, 2.45) is 0 Å². The Labute approximate surface area is 113 Å². The van der Waals surface area contributed by atoms with Crippen LogP contribution in [0.15, 0.2) is 47.1 Å². The van der Waals surface area contributed by atoms with Crippen LogP contribution in [0, 0.1) is 0 Å². The lowest BCUT2D eigenvalue weighted by Gasteiger charge is -2.05. The molecule has 1 heterocycles. The number of nitrogens with zero attached hydrogens (tertiary/aromatic N) is 2. The summed E-state index contributed by atoms with van der Waals surface area (Å²) in [5, 5.41) is 7.46. The summed E-state index contributed by atoms with van der Waals surface area (Å²) in [5.74, 6) is 0.833. The fraction of sp³-hybridized carbons (Fsp3) is 0.0714. The SMILES string of the molecule is COC(=O)c1ccc(Oc2ccc3nonc3c2)cc1. The zero-order valence-corrected chi connectivity index (χ0v) is 10.6. The number of methoxy groups -OCH3 is 1. The molecule has 2 aromatic carbocycles. The number of fused-ring (bicyclic) bond motifs is 1. The summed E-state index contributed by atoms with van der Waals surface area (Å²) in [6.45, 7) is 0. The Morgan fingerprint density at radius 2 is 1.70 bits per heavy atom. The van der Waals surface area contributed by atoms with Gasteiger partial charge in [0.25, 0.3) is 0 Å². The number of rotatable bonds is 3. The molecular weight excluding hydrogens is 260 g/mol. The maximum atomic E-state index is 11.3. The van der Waals surface area contributed by atoms with Crippen molar-refractivity contribution < 1.29 is 18.9 Å². The number of hydrogen-bond acceptors (Lipinski definition) is 6. The third-order valence-corrected chi connectivity index (χ3v) is 2.74. The molecule has 0 N–H and O–H groups in total. The standard InChI is InChI=1S/C14H10N2O4/c1-18-14(17)9-2-4-10(5-3-9)19-11-6-7-12-13(8-11)16-20-15-12/h2-8H,1H3. The quantitative estimate of drug-likeness (QED) is 0.681. The van der Waals surface area contributed by atoms with E-state index in [1.165, 1.54) is 7.11 Å². The molecular formula is C14H10N2O4. The molecule has 0 aliphatic carbocycles. The van der Waals surface area contributed by atoms with Crippen LogP contribution < -0.4 is 4.74 Å². The van der Waals surface area contributed by atoms with Gasteiger partial charge in [-0.3, -0.25) is 0 Å². The molecule has 0 saturated carbocycles. The number of benzene rings is 2. The van der Waals surface area contributed by atoms with Crippen molar-refractivity contribution in [3.63, 3.8) is 0 Å². The van der Waals surface area contributed by atoms with E-state index in [9.17, 15) is 4.79 Å². The maximum Gasteiger partial charge on any atom is 0.337 e. The molecule has 3 aromatic rings. The first-order valence-electron chi connectivity index (χ1n) is 5.85. The van der Waals surface area contributed by atoms with Crippen LogP contribution >= 0.6 is 0 Å². The van der Waals surface area contributed by atoms with Crippen molar-refractivity contribution in [3.8, 4) is 11.5 Å². The highest BCUT2D eigenvalue weighted by atomic mass is 16.6. The largest absolute Gasteiger partial charge is 0.465 e. The lowest BCUT2D eigenvalue weighted by atomic mass is 10.2. The molecule has 100 valence electrons. The van der Waals surface area contributed by atoms with Crippen LogP contribution in [0.2, 0.25) is 0 Å². The van der Waals surface area contributed by atoms with Gasteiger partial charge in [-0.15, -0.1) is 0 Å². The Morgan fingerprint density at radius 3 is 2.45 bits per heavy atom. The number of hydrogen-bond donors (Lipinski definition) is 0. The fourth-order valence-electron chi connectivity index (χ4n) is 1.74. The number of ether oxygens (including phenoxy) is 2. The van der Waals surface area contributed by atoms with Crippen molar-refractivity contribution in [1.29, 1.82) is 0 Å². The average Bonchev–Trinajstić information content (AvgIpc) is 2.95. The predicted molar refractivity (Wildman–Crippen MR) is 69.7 cm³/mol. The third-order valence-electron chi connectivity index (χ3n) is 2.74. The van der Waals surface area contributed by atoms with E-state index in [1.807, 2.05) is 0 Å². The van der Waals surface area contributed by atoms with Crippen molar-refractivity contribution in [2.75, 3.05) is 7.11 Å². The van der Waals surface area contributed by atoms with Gasteiger partial charge in [-0.1, -0.05) is 0 Å². The molecule has 0 radical (unpaired) electrons. The molecule has 0 aliphatic rings. The van der Waals surface area contributed by atoms with Crippen LogP contribution in [0.4, 0.5) is 0 Å². The molecule has 0 saturated heterocycles. The summed E-state index contributed by atoms with van der Waals surface area (Å²) in [4.78, 5) is 11.3. The summed E-state index contributed by atoms with van der Waals surface area (Å²) in [6.07, 6.45) is 0. The van der Waals surface area contributed by atoms with Crippen LogP contribution in [-0.4, -0.2) is 23.4 Å². The van der Waals surface area contributed by atoms with Crippen LogP contribution in [0.25, 0.3) is 11.0 Å². The minimum absolute atomic E-state index is 0.383. The normalized spacial score (nSPS) is 10.4. The van der Waals surface area contributed by atoms with Gasteiger partial charge in [0.2, 0.25) is 0 Å². The van der Waals surface area contributed by atoms with Gasteiger partial charge in [0.15, 0.2) is 0 Å². The molecule has 0 bridgehead atoms. The Bertz CT molecular complexity index is 749. The first kappa shape index (κ1) is 12.2.